The molecule has 18 heteroatoms. The first-order chi connectivity index (χ1) is 16.7. The molecule has 0 bridgehead atoms. The van der Waals surface area contributed by atoms with Gasteiger partial charge in [-0.15, -0.1) is 33.3 Å². The third kappa shape index (κ3) is 5.68. The first kappa shape index (κ1) is 26.4. The fraction of sp³-hybridized carbons (Fsp3) is 0.294. The summed E-state index contributed by atoms with van der Waals surface area (Å²) in [5.41, 5.74) is 6.30. The summed E-state index contributed by atoms with van der Waals surface area (Å²) in [6.07, 6.45) is 0.347. The third-order valence-corrected chi connectivity index (χ3v) is 10.1. The number of amides is 2. The lowest BCUT2D eigenvalue weighted by Crippen LogP contribution is -2.70. The summed E-state index contributed by atoms with van der Waals surface area (Å²) in [6.45, 7) is 0. The number of β-lactam (4-membered cyclic amide) rings is 1. The Morgan fingerprint density at radius 2 is 2.11 bits per heavy atom. The molecule has 2 aromatic rings. The zero-order valence-electron chi connectivity index (χ0n) is 17.4. The summed E-state index contributed by atoms with van der Waals surface area (Å²) in [6, 6.07) is -0.944. The maximum atomic E-state index is 13.0. The highest BCUT2D eigenvalue weighted by molar-refractivity contribution is 8.03. The number of carbonyl (C=O) groups is 3. The van der Waals surface area contributed by atoms with Crippen LogP contribution in [0.2, 0.25) is 0 Å². The number of rotatable bonds is 8. The van der Waals surface area contributed by atoms with Crippen LogP contribution in [0.5, 0.6) is 0 Å². The zero-order chi connectivity index (χ0) is 25.3. The Morgan fingerprint density at radius 3 is 2.71 bits per heavy atom. The Morgan fingerprint density at radius 1 is 1.37 bits per heavy atom. The quantitative estimate of drug-likeness (QED) is 0.172. The van der Waals surface area contributed by atoms with Crippen molar-refractivity contribution in [1.82, 2.24) is 25.4 Å². The van der Waals surface area contributed by atoms with Crippen molar-refractivity contribution in [3.8, 4) is 0 Å². The van der Waals surface area contributed by atoms with Gasteiger partial charge in [-0.3, -0.25) is 14.5 Å². The Labute approximate surface area is 228 Å². The highest BCUT2D eigenvalue weighted by Crippen LogP contribution is 2.42. The molecule has 1 unspecified atom stereocenters. The van der Waals surface area contributed by atoms with Crippen molar-refractivity contribution in [2.45, 2.75) is 20.1 Å². The zero-order valence-corrected chi connectivity index (χ0v) is 23.0. The molecule has 11 nitrogen and oxygen atoms in total. The van der Waals surface area contributed by atoms with Crippen LogP contribution in [0.1, 0.15) is 5.69 Å². The minimum Gasteiger partial charge on any atom is -0.449 e. The van der Waals surface area contributed by atoms with Crippen molar-refractivity contribution in [2.24, 2.45) is 0 Å². The number of thiazole rings is 1. The molecule has 2 atom stereocenters. The van der Waals surface area contributed by atoms with Crippen molar-refractivity contribution < 1.29 is 24.2 Å². The topological polar surface area (TPSA) is 161 Å². The number of thioether (sulfide) groups is 3. The van der Waals surface area contributed by atoms with Gasteiger partial charge in [0.15, 0.2) is 13.8 Å². The van der Waals surface area contributed by atoms with Crippen LogP contribution in [-0.4, -0.2) is 72.3 Å². The normalized spacial score (nSPS) is 19.2. The minimum atomic E-state index is -1.55. The number of nitrogens with zero attached hydrogens (tertiary/aromatic N) is 4. The lowest BCUT2D eigenvalue weighted by molar-refractivity contribution is -0.148. The van der Waals surface area contributed by atoms with Crippen molar-refractivity contribution in [3.63, 3.8) is 0 Å². The molecule has 2 aliphatic heterocycles. The maximum absolute atomic E-state index is 13.0. The minimum absolute atomic E-state index is 0.0581. The number of fused-ring (bicyclic) bond motifs is 1. The molecule has 0 spiro atoms. The number of nitrogen functional groups attached to an aromatic ring is 1. The van der Waals surface area contributed by atoms with E-state index < -0.39 is 29.4 Å². The molecule has 1 fully saturated rings. The van der Waals surface area contributed by atoms with Crippen molar-refractivity contribution in [1.29, 1.82) is 0 Å². The van der Waals surface area contributed by atoms with Crippen LogP contribution in [0.4, 0.5) is 9.93 Å². The van der Waals surface area contributed by atoms with Crippen molar-refractivity contribution in [3.05, 3.63) is 27.0 Å². The van der Waals surface area contributed by atoms with Gasteiger partial charge in [0.1, 0.15) is 15.9 Å². The molecule has 4 rings (SSSR count). The number of halogens is 2. The molecule has 2 aliphatic rings. The van der Waals surface area contributed by atoms with E-state index in [4.69, 9.17) is 33.7 Å². The van der Waals surface area contributed by atoms with Crippen LogP contribution >= 0.6 is 81.2 Å². The second-order valence-corrected chi connectivity index (χ2v) is 12.9. The summed E-state index contributed by atoms with van der Waals surface area (Å²) in [4.78, 5) is 42.4. The molecule has 4 N–H and O–H groups in total. The summed E-state index contributed by atoms with van der Waals surface area (Å²) in [5.74, 6) is -0.561. The van der Waals surface area contributed by atoms with Gasteiger partial charge in [-0.2, -0.15) is 0 Å². The van der Waals surface area contributed by atoms with Gasteiger partial charge in [0.05, 0.1) is 11.3 Å². The molecule has 4 heterocycles. The van der Waals surface area contributed by atoms with Crippen LogP contribution in [0, 0.1) is 0 Å². The molecule has 186 valence electrons. The first-order valence-electron chi connectivity index (χ1n) is 9.34. The monoisotopic (exact) mass is 612 g/mol. The van der Waals surface area contributed by atoms with Crippen molar-refractivity contribution in [2.75, 3.05) is 23.5 Å². The van der Waals surface area contributed by atoms with Gasteiger partial charge >= 0.3 is 6.16 Å². The highest BCUT2D eigenvalue weighted by atomic mass is 35.5. The third-order valence-electron chi connectivity index (χ3n) is 4.59. The van der Waals surface area contributed by atoms with E-state index in [1.807, 2.05) is 6.26 Å². The molecular formula is C17H14Cl2N6O5S5. The predicted octanol–water partition coefficient (Wildman–Crippen LogP) is 3.54. The second-order valence-electron chi connectivity index (χ2n) is 6.67. The van der Waals surface area contributed by atoms with E-state index in [0.29, 0.717) is 21.4 Å². The second kappa shape index (κ2) is 11.1. The lowest BCUT2D eigenvalue weighted by Gasteiger charge is -2.49. The van der Waals surface area contributed by atoms with E-state index in [1.54, 1.807) is 0 Å². The summed E-state index contributed by atoms with van der Waals surface area (Å²) < 4.78 is 6.18. The number of nitrogens with one attached hydrogen (secondary N) is 1. The lowest BCUT2D eigenvalue weighted by atomic mass is 10.1. The van der Waals surface area contributed by atoms with E-state index in [0.717, 1.165) is 15.7 Å². The number of carbonyl (C=O) groups excluding carboxylic acids is 2. The van der Waals surface area contributed by atoms with Gasteiger partial charge in [0.25, 0.3) is 11.8 Å². The van der Waals surface area contributed by atoms with E-state index in [9.17, 15) is 19.5 Å². The molecule has 0 radical (unpaired) electrons. The molecular weight excluding hydrogens is 599 g/mol. The molecule has 2 amide bonds. The van der Waals surface area contributed by atoms with Crippen molar-refractivity contribution >= 4 is 110 Å². The smallest absolute Gasteiger partial charge is 0.449 e. The molecule has 2 aromatic heterocycles. The number of carboxylic acid groups (broad SMARTS) is 1. The number of ether oxygens (including phenoxy) is 1. The highest BCUT2D eigenvalue weighted by Gasteiger charge is 2.54. The average Bonchev–Trinajstić information content (AvgIpc) is 3.44. The van der Waals surface area contributed by atoms with Gasteiger partial charge in [0, 0.05) is 22.5 Å². The van der Waals surface area contributed by atoms with Gasteiger partial charge in [-0.05, 0) is 6.26 Å². The molecule has 0 aliphatic carbocycles. The molecule has 35 heavy (non-hydrogen) atoms. The number of hydrogen-bond acceptors (Lipinski definition) is 13. The Bertz CT molecular complexity index is 1250. The Kier molecular flexibility index (Phi) is 8.40. The summed E-state index contributed by atoms with van der Waals surface area (Å²) >= 11 is 18.5. The molecule has 0 aromatic carbocycles. The van der Waals surface area contributed by atoms with Gasteiger partial charge in [0.2, 0.25) is 5.88 Å². The summed E-state index contributed by atoms with van der Waals surface area (Å²) in [7, 11) is 0. The van der Waals surface area contributed by atoms with Gasteiger partial charge in [-0.25, -0.2) is 9.78 Å². The van der Waals surface area contributed by atoms with Crippen LogP contribution in [-0.2, 0) is 14.3 Å². The fourth-order valence-corrected chi connectivity index (χ4v) is 7.92. The largest absolute Gasteiger partial charge is 0.512 e. The average molecular weight is 614 g/mol. The Balaban J connectivity index is 1.50. The van der Waals surface area contributed by atoms with Gasteiger partial charge in [-0.1, -0.05) is 58.1 Å². The van der Waals surface area contributed by atoms with Crippen LogP contribution in [0.3, 0.4) is 0 Å². The van der Waals surface area contributed by atoms with E-state index in [1.165, 1.54) is 56.9 Å². The Hall–Kier alpha value is -1.69. The fourth-order valence-electron chi connectivity index (χ4n) is 3.11. The van der Waals surface area contributed by atoms with E-state index in [-0.39, 0.29) is 26.8 Å². The summed E-state index contributed by atoms with van der Waals surface area (Å²) in [5, 5.41) is 21.1. The van der Waals surface area contributed by atoms with Crippen LogP contribution in [0.25, 0.3) is 5.57 Å². The number of nitrogens with two attached hydrogens (primary N) is 1. The van der Waals surface area contributed by atoms with E-state index in [2.05, 4.69) is 20.5 Å². The van der Waals surface area contributed by atoms with Crippen LogP contribution < -0.4 is 11.1 Å². The number of anilines is 1. The SMILES string of the molecule is CSc1nnc(SCC2=C(OC(=O)O)N3C(=O)C(NC(=O)C(=C(Cl)Cl)c4csc(N)n4)[C@@H]3SC2)s1. The standard InChI is InChI=1S/C17H14Cl2N6O5S5/c1-31-15-23-24-16(35-15)34-3-5-2-32-13-8(11(27)25(13)12(5)30-17(28)29)22-10(26)7(9(18)19)6-4-33-14(20)21-6/h4,8,13H,2-3H2,1H3,(H2,20,21)(H,22,26)(H,28,29)/t8?,13-/m0/s1. The first-order valence-corrected chi connectivity index (χ1v) is 15.1. The number of hydrogen-bond donors (Lipinski definition) is 3. The maximum Gasteiger partial charge on any atom is 0.512 e. The molecule has 0 saturated carbocycles. The molecule has 1 saturated heterocycles. The number of aromatic nitrogens is 3. The van der Waals surface area contributed by atoms with Crippen LogP contribution in [0.15, 0.2) is 30.0 Å². The van der Waals surface area contributed by atoms with E-state index >= 15 is 0 Å². The van der Waals surface area contributed by atoms with Gasteiger partial charge < -0.3 is 20.9 Å². The predicted molar refractivity (Wildman–Crippen MR) is 139 cm³/mol.